The van der Waals surface area contributed by atoms with Crippen molar-refractivity contribution in [3.05, 3.63) is 23.8 Å². The molecule has 0 unspecified atom stereocenters. The lowest BCUT2D eigenvalue weighted by molar-refractivity contribution is 0.222. The van der Waals surface area contributed by atoms with Gasteiger partial charge in [0.15, 0.2) is 0 Å². The van der Waals surface area contributed by atoms with Crippen molar-refractivity contribution in [2.45, 2.75) is 45.6 Å². The van der Waals surface area contributed by atoms with Crippen LogP contribution in [0.25, 0.3) is 0 Å². The molecule has 0 atom stereocenters. The Hall–Kier alpha value is -1.29. The highest BCUT2D eigenvalue weighted by Gasteiger charge is 2.29. The quantitative estimate of drug-likeness (QED) is 0.860. The van der Waals surface area contributed by atoms with Crippen molar-refractivity contribution in [1.82, 2.24) is 0 Å². The van der Waals surface area contributed by atoms with E-state index in [1.165, 1.54) is 25.7 Å². The molecule has 0 radical (unpaired) electrons. The van der Waals surface area contributed by atoms with Gasteiger partial charge in [0.1, 0.15) is 10.7 Å². The molecule has 2 N–H and O–H groups in total. The van der Waals surface area contributed by atoms with Gasteiger partial charge in [0.05, 0.1) is 12.8 Å². The molecule has 1 aliphatic carbocycles. The minimum atomic E-state index is 0.440. The molecule has 0 heterocycles. The van der Waals surface area contributed by atoms with Gasteiger partial charge in [-0.05, 0) is 43.2 Å². The number of nitrogens with two attached hydrogens (primary N) is 1. The zero-order valence-corrected chi connectivity index (χ0v) is 14.3. The second kappa shape index (κ2) is 6.22. The predicted molar refractivity (Wildman–Crippen MR) is 93.3 cm³/mol. The van der Waals surface area contributed by atoms with Crippen molar-refractivity contribution >= 4 is 22.9 Å². The second-order valence-electron chi connectivity index (χ2n) is 6.75. The summed E-state index contributed by atoms with van der Waals surface area (Å²) in [5, 5.41) is 0. The minimum Gasteiger partial charge on any atom is -0.497 e. The fraction of sp³-hybridized carbons (Fsp3) is 0.588. The molecule has 1 aromatic carbocycles. The van der Waals surface area contributed by atoms with Gasteiger partial charge in [-0.15, -0.1) is 0 Å². The molecule has 1 saturated carbocycles. The first-order valence-electron chi connectivity index (χ1n) is 7.55. The van der Waals surface area contributed by atoms with E-state index in [1.54, 1.807) is 7.11 Å². The number of benzene rings is 1. The van der Waals surface area contributed by atoms with Gasteiger partial charge in [0.2, 0.25) is 0 Å². The van der Waals surface area contributed by atoms with Crippen LogP contribution in [0.4, 0.5) is 5.69 Å². The molecule has 0 saturated heterocycles. The second-order valence-corrected chi connectivity index (χ2v) is 7.19. The number of nitrogens with zero attached hydrogens (tertiary/aromatic N) is 1. The average Bonchev–Trinajstić information content (AvgIpc) is 2.45. The van der Waals surface area contributed by atoms with Crippen LogP contribution in [-0.4, -0.2) is 25.2 Å². The molecule has 1 aliphatic rings. The lowest BCUT2D eigenvalue weighted by atomic mass is 9.75. The van der Waals surface area contributed by atoms with E-state index >= 15 is 0 Å². The van der Waals surface area contributed by atoms with E-state index in [2.05, 4.69) is 25.8 Å². The summed E-state index contributed by atoms with van der Waals surface area (Å²) in [6, 6.07) is 6.45. The first kappa shape index (κ1) is 16.1. The minimum absolute atomic E-state index is 0.440. The van der Waals surface area contributed by atoms with Crippen LogP contribution in [0, 0.1) is 5.41 Å². The van der Waals surface area contributed by atoms with Crippen molar-refractivity contribution in [2.75, 3.05) is 19.1 Å². The van der Waals surface area contributed by atoms with E-state index in [0.717, 1.165) is 17.0 Å². The van der Waals surface area contributed by atoms with Crippen LogP contribution < -0.4 is 15.4 Å². The third kappa shape index (κ3) is 3.67. The van der Waals surface area contributed by atoms with Crippen LogP contribution in [-0.2, 0) is 0 Å². The Balaban J connectivity index is 2.25. The molecule has 0 aromatic heterocycles. The van der Waals surface area contributed by atoms with Gasteiger partial charge < -0.3 is 15.4 Å². The summed E-state index contributed by atoms with van der Waals surface area (Å²) in [6.07, 6.45) is 4.93. The Kier molecular flexibility index (Phi) is 4.77. The van der Waals surface area contributed by atoms with Gasteiger partial charge >= 0.3 is 0 Å². The molecule has 4 heteroatoms. The highest BCUT2D eigenvalue weighted by Crippen LogP contribution is 2.38. The Morgan fingerprint density at radius 2 is 1.95 bits per heavy atom. The fourth-order valence-corrected chi connectivity index (χ4v) is 3.28. The molecule has 1 aromatic rings. The standard InChI is InChI=1S/C17H26N2OS/c1-17(2)9-7-12(8-10-17)19(3)15-11-13(20-4)5-6-14(15)16(18)21/h5-6,11-12H,7-10H2,1-4H3,(H2,18,21). The maximum atomic E-state index is 5.88. The number of anilines is 1. The summed E-state index contributed by atoms with van der Waals surface area (Å²) in [4.78, 5) is 2.77. The molecule has 116 valence electrons. The fourth-order valence-electron chi connectivity index (χ4n) is 3.11. The Morgan fingerprint density at radius 3 is 2.48 bits per heavy atom. The molecular weight excluding hydrogens is 280 g/mol. The molecular formula is C17H26N2OS. The molecule has 0 aliphatic heterocycles. The lowest BCUT2D eigenvalue weighted by Crippen LogP contribution is -2.38. The van der Waals surface area contributed by atoms with Crippen LogP contribution in [0.15, 0.2) is 18.2 Å². The van der Waals surface area contributed by atoms with Gasteiger partial charge in [-0.1, -0.05) is 26.1 Å². The third-order valence-corrected chi connectivity index (χ3v) is 4.93. The van der Waals surface area contributed by atoms with E-state index in [1.807, 2.05) is 18.2 Å². The largest absolute Gasteiger partial charge is 0.497 e. The summed E-state index contributed by atoms with van der Waals surface area (Å²) in [6.45, 7) is 4.71. The Labute approximate surface area is 133 Å². The number of hydrogen-bond acceptors (Lipinski definition) is 3. The number of rotatable bonds is 4. The van der Waals surface area contributed by atoms with Gasteiger partial charge in [-0.3, -0.25) is 0 Å². The van der Waals surface area contributed by atoms with E-state index in [-0.39, 0.29) is 0 Å². The third-order valence-electron chi connectivity index (χ3n) is 4.71. The van der Waals surface area contributed by atoms with Gasteiger partial charge in [-0.25, -0.2) is 0 Å². The zero-order valence-electron chi connectivity index (χ0n) is 13.5. The predicted octanol–water partition coefficient (Wildman–Crippen LogP) is 3.73. The molecule has 0 bridgehead atoms. The van der Waals surface area contributed by atoms with Gasteiger partial charge in [-0.2, -0.15) is 0 Å². The summed E-state index contributed by atoms with van der Waals surface area (Å²) >= 11 is 5.20. The topological polar surface area (TPSA) is 38.5 Å². The van der Waals surface area contributed by atoms with E-state index < -0.39 is 0 Å². The van der Waals surface area contributed by atoms with Crippen molar-refractivity contribution in [1.29, 1.82) is 0 Å². The molecule has 21 heavy (non-hydrogen) atoms. The molecule has 1 fully saturated rings. The number of thiocarbonyl (C=S) groups is 1. The number of methoxy groups -OCH3 is 1. The van der Waals surface area contributed by atoms with Gasteiger partial charge in [0.25, 0.3) is 0 Å². The average molecular weight is 306 g/mol. The van der Waals surface area contributed by atoms with Crippen LogP contribution >= 0.6 is 12.2 Å². The van der Waals surface area contributed by atoms with Crippen LogP contribution in [0.2, 0.25) is 0 Å². The van der Waals surface area contributed by atoms with Crippen molar-refractivity contribution in [3.8, 4) is 5.75 Å². The summed E-state index contributed by atoms with van der Waals surface area (Å²) in [5.74, 6) is 0.841. The SMILES string of the molecule is COc1ccc(C(N)=S)c(N(C)C2CCC(C)(C)CC2)c1. The highest BCUT2D eigenvalue weighted by atomic mass is 32.1. The Bertz CT molecular complexity index is 518. The number of hydrogen-bond donors (Lipinski definition) is 1. The summed E-state index contributed by atoms with van der Waals surface area (Å²) < 4.78 is 5.35. The van der Waals surface area contributed by atoms with E-state index in [9.17, 15) is 0 Å². The molecule has 0 amide bonds. The normalized spacial score (nSPS) is 18.3. The molecule has 0 spiro atoms. The summed E-state index contributed by atoms with van der Waals surface area (Å²) in [5.41, 5.74) is 8.35. The Morgan fingerprint density at radius 1 is 1.33 bits per heavy atom. The molecule has 2 rings (SSSR count). The molecule has 3 nitrogen and oxygen atoms in total. The van der Waals surface area contributed by atoms with Crippen molar-refractivity contribution < 1.29 is 4.74 Å². The monoisotopic (exact) mass is 306 g/mol. The van der Waals surface area contributed by atoms with E-state index in [0.29, 0.717) is 16.4 Å². The first-order chi connectivity index (χ1) is 9.84. The van der Waals surface area contributed by atoms with Crippen LogP contribution in [0.5, 0.6) is 5.75 Å². The maximum Gasteiger partial charge on any atom is 0.120 e. The van der Waals surface area contributed by atoms with E-state index in [4.69, 9.17) is 22.7 Å². The van der Waals surface area contributed by atoms with Crippen LogP contribution in [0.1, 0.15) is 45.1 Å². The van der Waals surface area contributed by atoms with Crippen LogP contribution in [0.3, 0.4) is 0 Å². The maximum absolute atomic E-state index is 5.88. The smallest absolute Gasteiger partial charge is 0.120 e. The first-order valence-corrected chi connectivity index (χ1v) is 7.95. The summed E-state index contributed by atoms with van der Waals surface area (Å²) in [7, 11) is 3.82. The lowest BCUT2D eigenvalue weighted by Gasteiger charge is -2.40. The van der Waals surface area contributed by atoms with Gasteiger partial charge in [0, 0.05) is 24.7 Å². The van der Waals surface area contributed by atoms with Crippen molar-refractivity contribution in [2.24, 2.45) is 11.1 Å². The number of ether oxygens (including phenoxy) is 1. The zero-order chi connectivity index (χ0) is 15.6. The van der Waals surface area contributed by atoms with Crippen molar-refractivity contribution in [3.63, 3.8) is 0 Å². The highest BCUT2D eigenvalue weighted by molar-refractivity contribution is 7.80.